The SMILES string of the molecule is N#Cc1cc(C[C@@H](c2ncc(-c3ccccc3)[nH]2)N(OC(=O)C(F)(F)F)S(=O)(=O)c2ccccc2)ccc1C1CC(=O)NS1(O)O. The molecule has 0 radical (unpaired) electrons. The Labute approximate surface area is 261 Å². The smallest absolute Gasteiger partial charge is 0.344 e. The van der Waals surface area contributed by atoms with Gasteiger partial charge in [-0.1, -0.05) is 60.7 Å². The van der Waals surface area contributed by atoms with Crippen molar-refractivity contribution in [2.24, 2.45) is 0 Å². The third-order valence-corrected chi connectivity index (χ3v) is 10.4. The van der Waals surface area contributed by atoms with Crippen molar-refractivity contribution in [3.05, 3.63) is 108 Å². The number of aromatic nitrogens is 2. The van der Waals surface area contributed by atoms with E-state index in [1.54, 1.807) is 30.3 Å². The largest absolute Gasteiger partial charge is 0.492 e. The predicted octanol–water partition coefficient (Wildman–Crippen LogP) is 5.17. The number of carbonyl (C=O) groups is 2. The van der Waals surface area contributed by atoms with Gasteiger partial charge in [-0.2, -0.15) is 18.4 Å². The molecule has 4 aromatic rings. The highest BCUT2D eigenvalue weighted by atomic mass is 32.3. The molecule has 1 aromatic heterocycles. The topological polar surface area (TPSA) is 186 Å². The first-order valence-electron chi connectivity index (χ1n) is 13.3. The average molecular weight is 676 g/mol. The van der Waals surface area contributed by atoms with Gasteiger partial charge in [-0.3, -0.25) is 18.6 Å². The highest BCUT2D eigenvalue weighted by molar-refractivity contribution is 8.23. The van der Waals surface area contributed by atoms with E-state index in [0.717, 1.165) is 12.1 Å². The van der Waals surface area contributed by atoms with Gasteiger partial charge in [0.25, 0.3) is 10.0 Å². The zero-order valence-electron chi connectivity index (χ0n) is 23.4. The van der Waals surface area contributed by atoms with Crippen molar-refractivity contribution in [1.82, 2.24) is 19.2 Å². The van der Waals surface area contributed by atoms with Crippen LogP contribution in [0.4, 0.5) is 13.2 Å². The molecule has 1 aliphatic rings. The molecule has 1 saturated heterocycles. The van der Waals surface area contributed by atoms with Crippen LogP contribution in [0.25, 0.3) is 11.3 Å². The van der Waals surface area contributed by atoms with Crippen molar-refractivity contribution >= 4 is 32.7 Å². The molecular weight excluding hydrogens is 651 g/mol. The summed E-state index contributed by atoms with van der Waals surface area (Å²) < 4.78 is 90.8. The van der Waals surface area contributed by atoms with E-state index < -0.39 is 61.5 Å². The number of alkyl halides is 3. The molecule has 1 unspecified atom stereocenters. The second kappa shape index (κ2) is 12.6. The summed E-state index contributed by atoms with van der Waals surface area (Å²) in [7, 11) is -8.61. The fourth-order valence-corrected chi connectivity index (χ4v) is 7.72. The van der Waals surface area contributed by atoms with E-state index >= 15 is 0 Å². The number of imidazole rings is 1. The Hall–Kier alpha value is -4.73. The number of halogens is 3. The molecule has 2 atom stereocenters. The molecule has 3 aromatic carbocycles. The molecular formula is C29H24F3N5O7S2. The van der Waals surface area contributed by atoms with E-state index in [1.807, 2.05) is 6.07 Å². The number of carbonyl (C=O) groups excluding carboxylic acids is 2. The van der Waals surface area contributed by atoms with Gasteiger partial charge in [-0.25, -0.2) is 18.2 Å². The van der Waals surface area contributed by atoms with Gasteiger partial charge >= 0.3 is 12.1 Å². The number of rotatable bonds is 9. The molecule has 17 heteroatoms. The predicted molar refractivity (Wildman–Crippen MR) is 158 cm³/mol. The van der Waals surface area contributed by atoms with Gasteiger partial charge in [0, 0.05) is 0 Å². The maximum Gasteiger partial charge on any atom is 0.492 e. The summed E-state index contributed by atoms with van der Waals surface area (Å²) in [6.45, 7) is 0. The Morgan fingerprint density at radius 2 is 1.76 bits per heavy atom. The maximum atomic E-state index is 13.8. The Morgan fingerprint density at radius 1 is 1.11 bits per heavy atom. The second-order valence-electron chi connectivity index (χ2n) is 10.1. The number of hydrogen-bond acceptors (Lipinski definition) is 9. The lowest BCUT2D eigenvalue weighted by molar-refractivity contribution is -0.227. The lowest BCUT2D eigenvalue weighted by Crippen LogP contribution is -2.42. The van der Waals surface area contributed by atoms with E-state index in [9.17, 15) is 45.5 Å². The van der Waals surface area contributed by atoms with Gasteiger partial charge in [0.2, 0.25) is 5.91 Å². The molecule has 46 heavy (non-hydrogen) atoms. The molecule has 0 bridgehead atoms. The number of amides is 1. The van der Waals surface area contributed by atoms with Crippen molar-refractivity contribution in [2.75, 3.05) is 0 Å². The number of H-pyrrole nitrogens is 1. The summed E-state index contributed by atoms with van der Waals surface area (Å²) in [6, 6.07) is 19.1. The zero-order chi connectivity index (χ0) is 33.3. The zero-order valence-corrected chi connectivity index (χ0v) is 25.0. The minimum atomic E-state index is -5.57. The Kier molecular flexibility index (Phi) is 8.93. The van der Waals surface area contributed by atoms with Crippen molar-refractivity contribution in [3.63, 3.8) is 0 Å². The van der Waals surface area contributed by atoms with Gasteiger partial charge in [0.15, 0.2) is 0 Å². The third-order valence-electron chi connectivity index (χ3n) is 6.98. The lowest BCUT2D eigenvalue weighted by atomic mass is 9.97. The van der Waals surface area contributed by atoms with Crippen LogP contribution in [0.3, 0.4) is 0 Å². The van der Waals surface area contributed by atoms with Crippen LogP contribution in [0.5, 0.6) is 0 Å². The molecule has 2 heterocycles. The summed E-state index contributed by atoms with van der Waals surface area (Å²) in [5.41, 5.74) is 1.17. The standard InChI is InChI=1S/C29H24F3N5O7S2/c30-29(31,32)28(39)44-37(46(42,43)21-9-5-2-6-10-21)24(27-34-17-23(35-27)19-7-3-1-4-8-19)14-18-11-12-22(20(13-18)16-33)25-15-26(38)36-45(25,40)41/h1-13,17,24-25,40-41H,14-15H2,(H,34,35)(H,36,38)/t24-,25?/m0/s1. The van der Waals surface area contributed by atoms with Gasteiger partial charge in [0.1, 0.15) is 17.1 Å². The number of benzene rings is 3. The first-order valence-corrected chi connectivity index (χ1v) is 16.3. The molecule has 1 fully saturated rings. The summed E-state index contributed by atoms with van der Waals surface area (Å²) in [4.78, 5) is 35.2. The molecule has 0 saturated carbocycles. The Morgan fingerprint density at radius 3 is 2.35 bits per heavy atom. The summed E-state index contributed by atoms with van der Waals surface area (Å²) in [6.07, 6.45) is -5.04. The molecule has 12 nitrogen and oxygen atoms in total. The van der Waals surface area contributed by atoms with Gasteiger partial charge in [-0.05, 0) is 45.8 Å². The van der Waals surface area contributed by atoms with E-state index in [0.29, 0.717) is 11.3 Å². The molecule has 0 aliphatic carbocycles. The van der Waals surface area contributed by atoms with Crippen molar-refractivity contribution < 1.29 is 45.1 Å². The van der Waals surface area contributed by atoms with Crippen LogP contribution in [0.15, 0.2) is 90.0 Å². The van der Waals surface area contributed by atoms with Crippen LogP contribution in [-0.4, -0.2) is 50.0 Å². The van der Waals surface area contributed by atoms with E-state index in [-0.39, 0.29) is 33.4 Å². The lowest BCUT2D eigenvalue weighted by Gasteiger charge is -2.33. The molecule has 1 aliphatic heterocycles. The van der Waals surface area contributed by atoms with Crippen molar-refractivity contribution in [1.29, 1.82) is 5.26 Å². The van der Waals surface area contributed by atoms with Gasteiger partial charge < -0.3 is 9.82 Å². The number of hydrogen-bond donors (Lipinski definition) is 4. The fourth-order valence-electron chi connectivity index (χ4n) is 4.83. The van der Waals surface area contributed by atoms with Crippen LogP contribution in [-0.2, 0) is 30.9 Å². The molecule has 1 amide bonds. The van der Waals surface area contributed by atoms with Crippen LogP contribution in [0.2, 0.25) is 0 Å². The summed E-state index contributed by atoms with van der Waals surface area (Å²) in [5.74, 6) is -3.64. The minimum Gasteiger partial charge on any atom is -0.344 e. The van der Waals surface area contributed by atoms with Gasteiger partial charge in [-0.15, -0.1) is 10.8 Å². The minimum absolute atomic E-state index is 0.0676. The maximum absolute atomic E-state index is 13.8. The van der Waals surface area contributed by atoms with Gasteiger partial charge in [0.05, 0.1) is 34.8 Å². The van der Waals surface area contributed by atoms with Crippen molar-refractivity contribution in [2.45, 2.75) is 35.2 Å². The number of nitrogens with zero attached hydrogens (tertiary/aromatic N) is 3. The second-order valence-corrected chi connectivity index (χ2v) is 13.8. The Bertz CT molecular complexity index is 1910. The van der Waals surface area contributed by atoms with Crippen LogP contribution in [0, 0.1) is 11.3 Å². The molecule has 5 rings (SSSR count). The first kappa shape index (κ1) is 32.7. The normalized spacial score (nSPS) is 17.6. The van der Waals surface area contributed by atoms with Crippen LogP contribution < -0.4 is 4.72 Å². The molecule has 0 spiro atoms. The number of aromatic amines is 1. The third kappa shape index (κ3) is 6.76. The van der Waals surface area contributed by atoms with Crippen molar-refractivity contribution in [3.8, 4) is 17.3 Å². The summed E-state index contributed by atoms with van der Waals surface area (Å²) >= 11 is 0. The fraction of sp³-hybridized carbons (Fsp3) is 0.172. The van der Waals surface area contributed by atoms with Crippen LogP contribution >= 0.6 is 10.8 Å². The highest BCUT2D eigenvalue weighted by Gasteiger charge is 2.47. The molecule has 4 N–H and O–H groups in total. The Balaban J connectivity index is 1.63. The van der Waals surface area contributed by atoms with E-state index in [1.165, 1.54) is 42.6 Å². The van der Waals surface area contributed by atoms with E-state index in [4.69, 9.17) is 0 Å². The van der Waals surface area contributed by atoms with E-state index in [2.05, 4.69) is 19.5 Å². The average Bonchev–Trinajstić information content (AvgIpc) is 3.62. The molecule has 240 valence electrons. The number of hydroxylamine groups is 1. The summed E-state index contributed by atoms with van der Waals surface area (Å²) in [5, 5.41) is 8.73. The van der Waals surface area contributed by atoms with Crippen LogP contribution in [0.1, 0.15) is 40.2 Å². The number of nitriles is 1. The first-order chi connectivity index (χ1) is 21.7. The number of sulfonamides is 1. The monoisotopic (exact) mass is 675 g/mol. The quantitative estimate of drug-likeness (QED) is 0.174. The highest BCUT2D eigenvalue weighted by Crippen LogP contribution is 2.56. The number of nitrogens with one attached hydrogen (secondary N) is 2.